The average molecular weight is 328 g/mol. The smallest absolute Gasteiger partial charge is 0.190 e. The molecule has 0 amide bonds. The fourth-order valence-electron chi connectivity index (χ4n) is 1.28. The number of rotatable bonds is 3. The molecule has 3 N–H and O–H groups in total. The van der Waals surface area contributed by atoms with Gasteiger partial charge in [0.2, 0.25) is 0 Å². The molecule has 2 aromatic rings. The molecule has 0 saturated carbocycles. The van der Waals surface area contributed by atoms with Gasteiger partial charge < -0.3 is 10.9 Å². The number of hydrogen-bond acceptors (Lipinski definition) is 5. The quantitative estimate of drug-likeness (QED) is 0.388. The molecule has 0 bridgehead atoms. The molecule has 1 heterocycles. The van der Waals surface area contributed by atoms with E-state index in [2.05, 4.69) is 31.2 Å². The Hall–Kier alpha value is -1.54. The molecule has 1 aromatic carbocycles. The summed E-state index contributed by atoms with van der Waals surface area (Å²) in [4.78, 5) is 5.10. The molecule has 94 valence electrons. The third-order valence-electron chi connectivity index (χ3n) is 2.21. The highest BCUT2D eigenvalue weighted by Gasteiger charge is 2.09. The van der Waals surface area contributed by atoms with Crippen LogP contribution in [0.4, 0.5) is 0 Å². The topological polar surface area (TPSA) is 89.3 Å². The molecular weight excluding hydrogens is 318 g/mol. The van der Waals surface area contributed by atoms with Crippen molar-refractivity contribution < 1.29 is 5.21 Å². The maximum atomic E-state index is 8.61. The lowest BCUT2D eigenvalue weighted by atomic mass is 10.2. The number of benzene rings is 1. The molecular formula is C10H10BrN5OS. The Morgan fingerprint density at radius 2 is 2.33 bits per heavy atom. The van der Waals surface area contributed by atoms with Crippen molar-refractivity contribution in [3.05, 3.63) is 34.6 Å². The van der Waals surface area contributed by atoms with Gasteiger partial charge in [-0.15, -0.1) is 0 Å². The number of nitrogens with zero attached hydrogens (tertiary/aromatic N) is 4. The molecule has 0 spiro atoms. The number of nitrogens with two attached hydrogens (primary N) is 1. The predicted octanol–water partition coefficient (Wildman–Crippen LogP) is 1.82. The van der Waals surface area contributed by atoms with Crippen LogP contribution < -0.4 is 5.73 Å². The fourth-order valence-corrected chi connectivity index (χ4v) is 2.67. The van der Waals surface area contributed by atoms with Crippen molar-refractivity contribution in [2.24, 2.45) is 17.9 Å². The molecule has 2 rings (SSSR count). The van der Waals surface area contributed by atoms with Crippen LogP contribution in [0.25, 0.3) is 0 Å². The van der Waals surface area contributed by atoms with Gasteiger partial charge in [-0.05, 0) is 45.9 Å². The largest absolute Gasteiger partial charge is 0.409 e. The lowest BCUT2D eigenvalue weighted by Gasteiger charge is -2.05. The van der Waals surface area contributed by atoms with Gasteiger partial charge >= 0.3 is 0 Å². The average Bonchev–Trinajstić information content (AvgIpc) is 2.76. The first-order valence-electron chi connectivity index (χ1n) is 4.91. The van der Waals surface area contributed by atoms with E-state index in [9.17, 15) is 0 Å². The van der Waals surface area contributed by atoms with Crippen molar-refractivity contribution in [1.82, 2.24) is 14.8 Å². The summed E-state index contributed by atoms with van der Waals surface area (Å²) in [6.07, 6.45) is 1.50. The summed E-state index contributed by atoms with van der Waals surface area (Å²) in [5.41, 5.74) is 6.16. The number of aromatic nitrogens is 3. The van der Waals surface area contributed by atoms with Gasteiger partial charge in [0, 0.05) is 22.0 Å². The third-order valence-corrected chi connectivity index (χ3v) is 4.25. The molecule has 0 saturated heterocycles. The summed E-state index contributed by atoms with van der Waals surface area (Å²) in [5, 5.41) is 16.4. The minimum Gasteiger partial charge on any atom is -0.409 e. The molecule has 0 aliphatic heterocycles. The molecule has 0 radical (unpaired) electrons. The van der Waals surface area contributed by atoms with Gasteiger partial charge in [0.25, 0.3) is 0 Å². The van der Waals surface area contributed by atoms with E-state index in [1.54, 1.807) is 16.8 Å². The maximum absolute atomic E-state index is 8.61. The third kappa shape index (κ3) is 2.65. The van der Waals surface area contributed by atoms with Crippen molar-refractivity contribution in [2.45, 2.75) is 10.1 Å². The number of amidine groups is 1. The monoisotopic (exact) mass is 327 g/mol. The van der Waals surface area contributed by atoms with Crippen LogP contribution in [-0.4, -0.2) is 25.8 Å². The van der Waals surface area contributed by atoms with E-state index in [-0.39, 0.29) is 5.84 Å². The van der Waals surface area contributed by atoms with E-state index in [4.69, 9.17) is 10.9 Å². The van der Waals surface area contributed by atoms with Crippen LogP contribution in [0, 0.1) is 0 Å². The molecule has 0 aliphatic rings. The molecule has 0 fully saturated rings. The zero-order chi connectivity index (χ0) is 13.1. The van der Waals surface area contributed by atoms with Crippen LogP contribution >= 0.6 is 27.7 Å². The SMILES string of the molecule is Cn1ncnc1Sc1ccc(/C(N)=N/O)cc1Br. The summed E-state index contributed by atoms with van der Waals surface area (Å²) in [5.74, 6) is 0.0749. The summed E-state index contributed by atoms with van der Waals surface area (Å²) in [6, 6.07) is 5.43. The Morgan fingerprint density at radius 1 is 1.56 bits per heavy atom. The summed E-state index contributed by atoms with van der Waals surface area (Å²) in [7, 11) is 1.83. The Morgan fingerprint density at radius 3 is 2.89 bits per heavy atom. The molecule has 1 aromatic heterocycles. The lowest BCUT2D eigenvalue weighted by Crippen LogP contribution is -2.12. The highest BCUT2D eigenvalue weighted by molar-refractivity contribution is 9.10. The molecule has 8 heteroatoms. The maximum Gasteiger partial charge on any atom is 0.190 e. The number of hydrogen-bond donors (Lipinski definition) is 2. The molecule has 18 heavy (non-hydrogen) atoms. The van der Waals surface area contributed by atoms with Crippen LogP contribution in [0.15, 0.2) is 44.2 Å². The number of oxime groups is 1. The molecule has 0 aliphatic carbocycles. The first-order valence-corrected chi connectivity index (χ1v) is 6.52. The number of aryl methyl sites for hydroxylation is 1. The first kappa shape index (κ1) is 12.9. The second-order valence-electron chi connectivity index (χ2n) is 3.40. The first-order chi connectivity index (χ1) is 8.61. The zero-order valence-electron chi connectivity index (χ0n) is 9.41. The van der Waals surface area contributed by atoms with Crippen LogP contribution in [0.5, 0.6) is 0 Å². The van der Waals surface area contributed by atoms with Crippen LogP contribution in [0.1, 0.15) is 5.56 Å². The van der Waals surface area contributed by atoms with E-state index in [1.807, 2.05) is 13.1 Å². The number of halogens is 1. The van der Waals surface area contributed by atoms with E-state index >= 15 is 0 Å². The van der Waals surface area contributed by atoms with Gasteiger partial charge in [0.15, 0.2) is 11.0 Å². The minimum absolute atomic E-state index is 0.0749. The van der Waals surface area contributed by atoms with E-state index in [1.165, 1.54) is 18.1 Å². The van der Waals surface area contributed by atoms with Crippen LogP contribution in [0.3, 0.4) is 0 Å². The summed E-state index contributed by atoms with van der Waals surface area (Å²) >= 11 is 4.92. The molecule has 6 nitrogen and oxygen atoms in total. The summed E-state index contributed by atoms with van der Waals surface area (Å²) < 4.78 is 2.54. The Kier molecular flexibility index (Phi) is 3.87. The second-order valence-corrected chi connectivity index (χ2v) is 5.26. The van der Waals surface area contributed by atoms with Crippen LogP contribution in [-0.2, 0) is 7.05 Å². The van der Waals surface area contributed by atoms with Crippen molar-refractivity contribution in [2.75, 3.05) is 0 Å². The van der Waals surface area contributed by atoms with Gasteiger partial charge in [-0.2, -0.15) is 5.10 Å². The van der Waals surface area contributed by atoms with Crippen molar-refractivity contribution >= 4 is 33.5 Å². The van der Waals surface area contributed by atoms with E-state index in [0.29, 0.717) is 5.56 Å². The van der Waals surface area contributed by atoms with Gasteiger partial charge in [-0.25, -0.2) is 9.67 Å². The standard InChI is InChI=1S/C10H10BrN5OS/c1-16-10(13-5-14-16)18-8-3-2-6(4-7(8)11)9(12)15-17/h2-5,17H,1H3,(H2,12,15). The predicted molar refractivity (Wildman–Crippen MR) is 71.8 cm³/mol. The van der Waals surface area contributed by atoms with Crippen molar-refractivity contribution in [3.8, 4) is 0 Å². The Labute approximate surface area is 116 Å². The van der Waals surface area contributed by atoms with Gasteiger partial charge in [0.05, 0.1) is 0 Å². The minimum atomic E-state index is 0.0749. The van der Waals surface area contributed by atoms with Crippen molar-refractivity contribution in [1.29, 1.82) is 0 Å². The van der Waals surface area contributed by atoms with Gasteiger partial charge in [0.1, 0.15) is 6.33 Å². The highest BCUT2D eigenvalue weighted by atomic mass is 79.9. The van der Waals surface area contributed by atoms with Crippen molar-refractivity contribution in [3.63, 3.8) is 0 Å². The fraction of sp³-hybridized carbons (Fsp3) is 0.100. The highest BCUT2D eigenvalue weighted by Crippen LogP contribution is 2.32. The lowest BCUT2D eigenvalue weighted by molar-refractivity contribution is 0.318. The Bertz CT molecular complexity index is 598. The van der Waals surface area contributed by atoms with E-state index < -0.39 is 0 Å². The normalized spacial score (nSPS) is 11.8. The molecule has 0 atom stereocenters. The second kappa shape index (κ2) is 5.40. The van der Waals surface area contributed by atoms with Gasteiger partial charge in [-0.1, -0.05) is 5.16 Å². The van der Waals surface area contributed by atoms with Crippen LogP contribution in [0.2, 0.25) is 0 Å². The van der Waals surface area contributed by atoms with E-state index in [0.717, 1.165) is 14.5 Å². The van der Waals surface area contributed by atoms with Gasteiger partial charge in [-0.3, -0.25) is 0 Å². The summed E-state index contributed by atoms with van der Waals surface area (Å²) in [6.45, 7) is 0. The Balaban J connectivity index is 2.28. The molecule has 0 unspecified atom stereocenters. The zero-order valence-corrected chi connectivity index (χ0v) is 11.8.